The summed E-state index contributed by atoms with van der Waals surface area (Å²) >= 11 is 0. The molecule has 28 heavy (non-hydrogen) atoms. The highest BCUT2D eigenvalue weighted by molar-refractivity contribution is 5.90. The van der Waals surface area contributed by atoms with Crippen LogP contribution in [0.2, 0.25) is 0 Å². The number of hydrogen-bond donors (Lipinski definition) is 1. The highest BCUT2D eigenvalue weighted by Crippen LogP contribution is 2.26. The third kappa shape index (κ3) is 5.45. The van der Waals surface area contributed by atoms with Gasteiger partial charge in [-0.1, -0.05) is 71.4 Å². The molecule has 0 fully saturated rings. The van der Waals surface area contributed by atoms with E-state index in [1.54, 1.807) is 0 Å². The van der Waals surface area contributed by atoms with Crippen LogP contribution < -0.4 is 4.74 Å². The van der Waals surface area contributed by atoms with Crippen LogP contribution >= 0.6 is 0 Å². The molecule has 1 N–H and O–H groups in total. The Labute approximate surface area is 163 Å². The molecule has 5 heteroatoms. The summed E-state index contributed by atoms with van der Waals surface area (Å²) in [6, 6.07) is 23.8. The molecular weight excluding hydrogens is 354 g/mol. The Balaban J connectivity index is 1.74. The predicted octanol–water partition coefficient (Wildman–Crippen LogP) is 4.68. The highest BCUT2D eigenvalue weighted by atomic mass is 16.6. The summed E-state index contributed by atoms with van der Waals surface area (Å²) in [7, 11) is 0. The van der Waals surface area contributed by atoms with Gasteiger partial charge in [0.2, 0.25) is 6.61 Å². The first-order valence-corrected chi connectivity index (χ1v) is 8.87. The SMILES string of the molecule is Cc1ccc(COc2cccc(-c3ccccc3C=NOCC(=O)O)c2)cc1. The Morgan fingerprint density at radius 2 is 1.82 bits per heavy atom. The Bertz CT molecular complexity index is 964. The number of nitrogens with zero attached hydrogens (tertiary/aromatic N) is 1. The van der Waals surface area contributed by atoms with E-state index < -0.39 is 12.6 Å². The van der Waals surface area contributed by atoms with Crippen molar-refractivity contribution >= 4 is 12.2 Å². The molecule has 0 saturated heterocycles. The van der Waals surface area contributed by atoms with Gasteiger partial charge in [-0.2, -0.15) is 0 Å². The molecule has 3 aromatic rings. The lowest BCUT2D eigenvalue weighted by Crippen LogP contribution is -2.03. The molecule has 3 aromatic carbocycles. The minimum atomic E-state index is -1.07. The fourth-order valence-electron chi connectivity index (χ4n) is 2.66. The zero-order valence-corrected chi connectivity index (χ0v) is 15.5. The van der Waals surface area contributed by atoms with Crippen LogP contribution in [0.4, 0.5) is 0 Å². The normalized spacial score (nSPS) is 10.8. The van der Waals surface area contributed by atoms with Crippen LogP contribution in [0.15, 0.2) is 78.0 Å². The smallest absolute Gasteiger partial charge is 0.344 e. The lowest BCUT2D eigenvalue weighted by atomic mass is 10.0. The molecule has 0 unspecified atom stereocenters. The van der Waals surface area contributed by atoms with Crippen LogP contribution in [-0.4, -0.2) is 23.9 Å². The van der Waals surface area contributed by atoms with Crippen molar-refractivity contribution in [3.8, 4) is 16.9 Å². The van der Waals surface area contributed by atoms with E-state index in [2.05, 4.69) is 36.3 Å². The number of ether oxygens (including phenoxy) is 1. The van der Waals surface area contributed by atoms with Crippen LogP contribution in [0.25, 0.3) is 11.1 Å². The molecular formula is C23H21NO4. The van der Waals surface area contributed by atoms with Gasteiger partial charge < -0.3 is 14.7 Å². The Morgan fingerprint density at radius 3 is 2.61 bits per heavy atom. The number of carboxylic acid groups (broad SMARTS) is 1. The number of carbonyl (C=O) groups is 1. The third-order valence-electron chi connectivity index (χ3n) is 4.09. The molecule has 142 valence electrons. The van der Waals surface area contributed by atoms with Crippen molar-refractivity contribution in [2.45, 2.75) is 13.5 Å². The lowest BCUT2D eigenvalue weighted by Gasteiger charge is -2.10. The number of aryl methyl sites for hydroxylation is 1. The van der Waals surface area contributed by atoms with E-state index >= 15 is 0 Å². The first kappa shape index (κ1) is 19.2. The fourth-order valence-corrected chi connectivity index (χ4v) is 2.66. The van der Waals surface area contributed by atoms with Gasteiger partial charge in [0, 0.05) is 5.56 Å². The molecule has 0 atom stereocenters. The van der Waals surface area contributed by atoms with Crippen molar-refractivity contribution in [3.63, 3.8) is 0 Å². The molecule has 0 aromatic heterocycles. The summed E-state index contributed by atoms with van der Waals surface area (Å²) in [4.78, 5) is 15.3. The summed E-state index contributed by atoms with van der Waals surface area (Å²) in [5, 5.41) is 12.3. The highest BCUT2D eigenvalue weighted by Gasteiger charge is 2.05. The minimum absolute atomic E-state index is 0.471. The lowest BCUT2D eigenvalue weighted by molar-refractivity contribution is -0.142. The number of rotatable bonds is 8. The maximum atomic E-state index is 10.5. The quantitative estimate of drug-likeness (QED) is 0.459. The molecule has 0 spiro atoms. The number of carboxylic acids is 1. The molecule has 3 rings (SSSR count). The molecule has 0 saturated carbocycles. The second-order valence-electron chi connectivity index (χ2n) is 6.29. The van der Waals surface area contributed by atoms with Crippen molar-refractivity contribution in [3.05, 3.63) is 89.5 Å². The van der Waals surface area contributed by atoms with Crippen molar-refractivity contribution in [2.75, 3.05) is 6.61 Å². The van der Waals surface area contributed by atoms with E-state index in [1.807, 2.05) is 48.5 Å². The van der Waals surface area contributed by atoms with Gasteiger partial charge in [-0.05, 0) is 35.7 Å². The average Bonchev–Trinajstić information content (AvgIpc) is 2.71. The Morgan fingerprint density at radius 1 is 1.04 bits per heavy atom. The van der Waals surface area contributed by atoms with E-state index in [4.69, 9.17) is 14.7 Å². The summed E-state index contributed by atoms with van der Waals surface area (Å²) < 4.78 is 5.94. The van der Waals surface area contributed by atoms with Gasteiger partial charge in [0.15, 0.2) is 0 Å². The average molecular weight is 375 g/mol. The first-order valence-electron chi connectivity index (χ1n) is 8.87. The zero-order valence-electron chi connectivity index (χ0n) is 15.5. The van der Waals surface area contributed by atoms with E-state index in [0.717, 1.165) is 28.0 Å². The van der Waals surface area contributed by atoms with E-state index in [0.29, 0.717) is 6.61 Å². The monoisotopic (exact) mass is 375 g/mol. The predicted molar refractivity (Wildman–Crippen MR) is 109 cm³/mol. The zero-order chi connectivity index (χ0) is 19.8. The largest absolute Gasteiger partial charge is 0.489 e. The van der Waals surface area contributed by atoms with E-state index in [9.17, 15) is 4.79 Å². The molecule has 5 nitrogen and oxygen atoms in total. The van der Waals surface area contributed by atoms with E-state index in [1.165, 1.54) is 11.8 Å². The van der Waals surface area contributed by atoms with Crippen molar-refractivity contribution in [1.82, 2.24) is 0 Å². The summed E-state index contributed by atoms with van der Waals surface area (Å²) in [5.41, 5.74) is 5.08. The first-order chi connectivity index (χ1) is 13.6. The molecule has 0 aliphatic carbocycles. The van der Waals surface area contributed by atoms with Gasteiger partial charge in [-0.3, -0.25) is 0 Å². The molecule has 0 amide bonds. The van der Waals surface area contributed by atoms with Gasteiger partial charge in [0.05, 0.1) is 6.21 Å². The summed E-state index contributed by atoms with van der Waals surface area (Å²) in [6.45, 7) is 2.08. The number of oxime groups is 1. The fraction of sp³-hybridized carbons (Fsp3) is 0.130. The van der Waals surface area contributed by atoms with Gasteiger partial charge in [0.1, 0.15) is 12.4 Å². The Kier molecular flexibility index (Phi) is 6.41. The summed E-state index contributed by atoms with van der Waals surface area (Å²) in [5.74, 6) is -0.296. The standard InChI is InChI=1S/C23H21NO4/c1-17-9-11-18(12-10-17)15-27-21-7-4-6-19(13-21)22-8-3-2-5-20(22)14-24-28-16-23(25)26/h2-14H,15-16H2,1H3,(H,25,26). The second-order valence-corrected chi connectivity index (χ2v) is 6.29. The molecule has 0 radical (unpaired) electrons. The van der Waals surface area contributed by atoms with E-state index in [-0.39, 0.29) is 0 Å². The molecule has 0 heterocycles. The minimum Gasteiger partial charge on any atom is -0.489 e. The third-order valence-corrected chi connectivity index (χ3v) is 4.09. The van der Waals surface area contributed by atoms with Gasteiger partial charge >= 0.3 is 5.97 Å². The van der Waals surface area contributed by atoms with Gasteiger partial charge in [-0.25, -0.2) is 4.79 Å². The molecule has 0 aliphatic rings. The van der Waals surface area contributed by atoms with Crippen LogP contribution in [0.1, 0.15) is 16.7 Å². The maximum Gasteiger partial charge on any atom is 0.344 e. The van der Waals surface area contributed by atoms with Crippen LogP contribution in [0.3, 0.4) is 0 Å². The van der Waals surface area contributed by atoms with Crippen LogP contribution in [0.5, 0.6) is 5.75 Å². The number of hydrogen-bond acceptors (Lipinski definition) is 4. The van der Waals surface area contributed by atoms with Crippen LogP contribution in [0, 0.1) is 6.92 Å². The topological polar surface area (TPSA) is 68.1 Å². The second kappa shape index (κ2) is 9.37. The molecule has 0 aliphatic heterocycles. The number of benzene rings is 3. The maximum absolute atomic E-state index is 10.5. The Hall–Kier alpha value is -3.60. The van der Waals surface area contributed by atoms with Crippen LogP contribution in [-0.2, 0) is 16.2 Å². The summed E-state index contributed by atoms with van der Waals surface area (Å²) in [6.07, 6.45) is 1.51. The van der Waals surface area contributed by atoms with Crippen molar-refractivity contribution in [2.24, 2.45) is 5.16 Å². The van der Waals surface area contributed by atoms with Crippen molar-refractivity contribution < 1.29 is 19.5 Å². The van der Waals surface area contributed by atoms with Gasteiger partial charge in [-0.15, -0.1) is 0 Å². The van der Waals surface area contributed by atoms with Gasteiger partial charge in [0.25, 0.3) is 0 Å². The van der Waals surface area contributed by atoms with Crippen molar-refractivity contribution in [1.29, 1.82) is 0 Å². The number of aliphatic carboxylic acids is 1. The molecule has 0 bridgehead atoms.